The minimum absolute atomic E-state index is 0.0299. The number of ether oxygens (including phenoxy) is 1. The SMILES string of the molecule is CC(C)(C)OC(=O)N[C@H](CC=O)CC(N)=O. The van der Waals surface area contributed by atoms with E-state index in [2.05, 4.69) is 5.32 Å². The maximum atomic E-state index is 11.3. The van der Waals surface area contributed by atoms with Crippen LogP contribution in [0.5, 0.6) is 0 Å². The summed E-state index contributed by atoms with van der Waals surface area (Å²) < 4.78 is 4.98. The number of aldehydes is 1. The predicted octanol–water partition coefficient (Wildman–Crippen LogP) is 0.344. The first kappa shape index (κ1) is 14.4. The Labute approximate surface area is 94.5 Å². The van der Waals surface area contributed by atoms with Crippen LogP contribution in [0, 0.1) is 0 Å². The van der Waals surface area contributed by atoms with E-state index >= 15 is 0 Å². The molecule has 0 radical (unpaired) electrons. The molecule has 0 aliphatic rings. The van der Waals surface area contributed by atoms with E-state index in [9.17, 15) is 14.4 Å². The van der Waals surface area contributed by atoms with Gasteiger partial charge < -0.3 is 20.6 Å². The van der Waals surface area contributed by atoms with Crippen LogP contribution < -0.4 is 11.1 Å². The highest BCUT2D eigenvalue weighted by Gasteiger charge is 2.20. The Balaban J connectivity index is 4.22. The number of nitrogens with two attached hydrogens (primary N) is 1. The normalized spacial score (nSPS) is 12.7. The fourth-order valence-corrected chi connectivity index (χ4v) is 1.03. The van der Waals surface area contributed by atoms with Gasteiger partial charge in [-0.1, -0.05) is 0 Å². The van der Waals surface area contributed by atoms with Gasteiger partial charge in [0.15, 0.2) is 0 Å². The smallest absolute Gasteiger partial charge is 0.407 e. The van der Waals surface area contributed by atoms with Crippen LogP contribution >= 0.6 is 0 Å². The molecule has 0 heterocycles. The lowest BCUT2D eigenvalue weighted by atomic mass is 10.1. The first-order valence-electron chi connectivity index (χ1n) is 4.96. The number of carbonyl (C=O) groups excluding carboxylic acids is 3. The molecule has 0 rings (SSSR count). The molecular weight excluding hydrogens is 212 g/mol. The molecule has 0 saturated carbocycles. The Kier molecular flexibility index (Phi) is 5.49. The lowest BCUT2D eigenvalue weighted by Gasteiger charge is -2.22. The van der Waals surface area contributed by atoms with Crippen molar-refractivity contribution in [3.63, 3.8) is 0 Å². The van der Waals surface area contributed by atoms with E-state index in [-0.39, 0.29) is 12.8 Å². The molecule has 1 atom stereocenters. The van der Waals surface area contributed by atoms with Crippen LogP contribution in [-0.4, -0.2) is 29.9 Å². The lowest BCUT2D eigenvalue weighted by Crippen LogP contribution is -2.41. The minimum atomic E-state index is -0.666. The zero-order valence-corrected chi connectivity index (χ0v) is 9.78. The third-order valence-electron chi connectivity index (χ3n) is 1.55. The van der Waals surface area contributed by atoms with Crippen molar-refractivity contribution in [3.05, 3.63) is 0 Å². The van der Waals surface area contributed by atoms with Gasteiger partial charge in [-0.25, -0.2) is 4.79 Å². The van der Waals surface area contributed by atoms with Gasteiger partial charge in [0, 0.05) is 18.9 Å². The number of carbonyl (C=O) groups is 3. The van der Waals surface area contributed by atoms with E-state index in [1.54, 1.807) is 20.8 Å². The molecular formula is C10H18N2O4. The van der Waals surface area contributed by atoms with Crippen molar-refractivity contribution >= 4 is 18.3 Å². The average molecular weight is 230 g/mol. The van der Waals surface area contributed by atoms with Crippen molar-refractivity contribution in [2.24, 2.45) is 5.73 Å². The molecule has 3 N–H and O–H groups in total. The molecule has 0 aromatic carbocycles. The van der Waals surface area contributed by atoms with E-state index in [1.165, 1.54) is 0 Å². The van der Waals surface area contributed by atoms with Gasteiger partial charge in [-0.05, 0) is 20.8 Å². The van der Waals surface area contributed by atoms with Crippen LogP contribution in [0.25, 0.3) is 0 Å². The zero-order valence-electron chi connectivity index (χ0n) is 9.78. The third kappa shape index (κ3) is 7.78. The number of primary amides is 1. The van der Waals surface area contributed by atoms with Crippen molar-refractivity contribution in [3.8, 4) is 0 Å². The molecule has 0 aliphatic heterocycles. The van der Waals surface area contributed by atoms with E-state index < -0.39 is 23.6 Å². The maximum absolute atomic E-state index is 11.3. The van der Waals surface area contributed by atoms with E-state index in [1.807, 2.05) is 0 Å². The fourth-order valence-electron chi connectivity index (χ4n) is 1.03. The van der Waals surface area contributed by atoms with Crippen LogP contribution in [0.15, 0.2) is 0 Å². The van der Waals surface area contributed by atoms with Crippen molar-refractivity contribution < 1.29 is 19.1 Å². The molecule has 16 heavy (non-hydrogen) atoms. The summed E-state index contributed by atoms with van der Waals surface area (Å²) in [5.74, 6) is -0.581. The Morgan fingerprint density at radius 1 is 1.44 bits per heavy atom. The largest absolute Gasteiger partial charge is 0.444 e. The summed E-state index contributed by atoms with van der Waals surface area (Å²) in [4.78, 5) is 32.3. The van der Waals surface area contributed by atoms with Crippen LogP contribution in [0.1, 0.15) is 33.6 Å². The van der Waals surface area contributed by atoms with Gasteiger partial charge in [-0.2, -0.15) is 0 Å². The summed E-state index contributed by atoms with van der Waals surface area (Å²) in [6.45, 7) is 5.15. The van der Waals surface area contributed by atoms with E-state index in [4.69, 9.17) is 10.5 Å². The fraction of sp³-hybridized carbons (Fsp3) is 0.700. The topological polar surface area (TPSA) is 98.5 Å². The number of rotatable bonds is 5. The average Bonchev–Trinajstić information content (AvgIpc) is 1.98. The highest BCUT2D eigenvalue weighted by atomic mass is 16.6. The lowest BCUT2D eigenvalue weighted by molar-refractivity contribution is -0.118. The van der Waals surface area contributed by atoms with Gasteiger partial charge >= 0.3 is 6.09 Å². The third-order valence-corrected chi connectivity index (χ3v) is 1.55. The number of nitrogens with one attached hydrogen (secondary N) is 1. The van der Waals surface area contributed by atoms with Crippen LogP contribution in [-0.2, 0) is 14.3 Å². The molecule has 2 amide bonds. The van der Waals surface area contributed by atoms with Crippen LogP contribution in [0.2, 0.25) is 0 Å². The number of amides is 2. The van der Waals surface area contributed by atoms with Crippen molar-refractivity contribution in [2.45, 2.75) is 45.3 Å². The molecule has 0 saturated heterocycles. The van der Waals surface area contributed by atoms with Gasteiger partial charge in [0.25, 0.3) is 0 Å². The van der Waals surface area contributed by atoms with Gasteiger partial charge in [0.1, 0.15) is 11.9 Å². The molecule has 0 spiro atoms. The highest BCUT2D eigenvalue weighted by Crippen LogP contribution is 2.07. The Bertz CT molecular complexity index is 270. The summed E-state index contributed by atoms with van der Waals surface area (Å²) in [6.07, 6.45) is -0.105. The molecule has 0 aromatic heterocycles. The molecule has 6 heteroatoms. The van der Waals surface area contributed by atoms with Gasteiger partial charge in [0.2, 0.25) is 5.91 Å². The molecule has 0 bridgehead atoms. The summed E-state index contributed by atoms with van der Waals surface area (Å²) in [6, 6.07) is -0.607. The van der Waals surface area contributed by atoms with Crippen LogP contribution in [0.4, 0.5) is 4.79 Å². The Morgan fingerprint density at radius 3 is 2.38 bits per heavy atom. The Morgan fingerprint density at radius 2 is 2.00 bits per heavy atom. The van der Waals surface area contributed by atoms with Crippen LogP contribution in [0.3, 0.4) is 0 Å². The Hall–Kier alpha value is -1.59. The minimum Gasteiger partial charge on any atom is -0.444 e. The molecule has 92 valence electrons. The molecule has 0 aromatic rings. The summed E-state index contributed by atoms with van der Waals surface area (Å²) in [7, 11) is 0. The second kappa shape index (κ2) is 6.09. The number of hydrogen-bond acceptors (Lipinski definition) is 4. The maximum Gasteiger partial charge on any atom is 0.407 e. The first-order chi connectivity index (χ1) is 7.24. The summed E-state index contributed by atoms with van der Waals surface area (Å²) in [5, 5.41) is 2.41. The van der Waals surface area contributed by atoms with Crippen molar-refractivity contribution in [1.29, 1.82) is 0 Å². The molecule has 0 unspecified atom stereocenters. The molecule has 0 aliphatic carbocycles. The zero-order chi connectivity index (χ0) is 12.8. The van der Waals surface area contributed by atoms with Crippen molar-refractivity contribution in [2.75, 3.05) is 0 Å². The quantitative estimate of drug-likeness (QED) is 0.665. The number of hydrogen-bond donors (Lipinski definition) is 2. The summed E-state index contributed by atoms with van der Waals surface area (Å²) in [5.41, 5.74) is 4.36. The van der Waals surface area contributed by atoms with Gasteiger partial charge in [-0.15, -0.1) is 0 Å². The van der Waals surface area contributed by atoms with Gasteiger partial charge in [-0.3, -0.25) is 4.79 Å². The van der Waals surface area contributed by atoms with E-state index in [0.717, 1.165) is 0 Å². The molecule has 6 nitrogen and oxygen atoms in total. The van der Waals surface area contributed by atoms with Gasteiger partial charge in [0.05, 0.1) is 0 Å². The molecule has 0 fully saturated rings. The van der Waals surface area contributed by atoms with Crippen molar-refractivity contribution in [1.82, 2.24) is 5.32 Å². The predicted molar refractivity (Wildman–Crippen MR) is 57.7 cm³/mol. The van der Waals surface area contributed by atoms with E-state index in [0.29, 0.717) is 6.29 Å². The monoisotopic (exact) mass is 230 g/mol. The number of alkyl carbamates (subject to hydrolysis) is 1. The summed E-state index contributed by atoms with van der Waals surface area (Å²) >= 11 is 0. The second-order valence-corrected chi connectivity index (χ2v) is 4.42. The standard InChI is InChI=1S/C10H18N2O4/c1-10(2,3)16-9(15)12-7(4-5-13)6-8(11)14/h5,7H,4,6H2,1-3H3,(H2,11,14)(H,12,15)/t7-/m1/s1. The first-order valence-corrected chi connectivity index (χ1v) is 4.96. The highest BCUT2D eigenvalue weighted by molar-refractivity contribution is 5.76. The second-order valence-electron chi connectivity index (χ2n) is 4.42.